The lowest BCUT2D eigenvalue weighted by atomic mass is 10.1. The molecule has 0 saturated carbocycles. The van der Waals surface area contributed by atoms with Crippen molar-refractivity contribution in [3.8, 4) is 0 Å². The van der Waals surface area contributed by atoms with Gasteiger partial charge in [0, 0.05) is 11.1 Å². The molecule has 4 nitrogen and oxygen atoms in total. The maximum Gasteiger partial charge on any atom is 0.216 e. The summed E-state index contributed by atoms with van der Waals surface area (Å²) in [6.45, 7) is 3.75. The number of aliphatic hydroxyl groups excluding tert-OH is 1. The van der Waals surface area contributed by atoms with Crippen LogP contribution >= 0.6 is 11.6 Å². The van der Waals surface area contributed by atoms with Crippen molar-refractivity contribution in [2.45, 2.75) is 32.1 Å². The third-order valence-corrected chi connectivity index (χ3v) is 4.38. The van der Waals surface area contributed by atoms with Crippen molar-refractivity contribution in [1.82, 2.24) is 4.72 Å². The molecule has 0 fully saturated rings. The first-order valence-corrected chi connectivity index (χ1v) is 8.21. The van der Waals surface area contributed by atoms with Gasteiger partial charge in [-0.05, 0) is 24.0 Å². The van der Waals surface area contributed by atoms with Gasteiger partial charge in [-0.25, -0.2) is 13.1 Å². The SMILES string of the molecule is CC(C)CC(CO)NS(=O)(=O)Cc1ccccc1Cl. The predicted octanol–water partition coefficient (Wildman–Crippen LogP) is 2.17. The molecule has 19 heavy (non-hydrogen) atoms. The molecule has 0 aromatic heterocycles. The van der Waals surface area contributed by atoms with Crippen LogP contribution in [0.25, 0.3) is 0 Å². The summed E-state index contributed by atoms with van der Waals surface area (Å²) in [5, 5.41) is 9.63. The molecule has 1 rings (SSSR count). The zero-order valence-corrected chi connectivity index (χ0v) is 12.7. The second-order valence-electron chi connectivity index (χ2n) is 4.98. The summed E-state index contributed by atoms with van der Waals surface area (Å²) in [7, 11) is -3.51. The van der Waals surface area contributed by atoms with Crippen LogP contribution in [-0.4, -0.2) is 26.2 Å². The Labute approximate surface area is 119 Å². The summed E-state index contributed by atoms with van der Waals surface area (Å²) in [6.07, 6.45) is 0.595. The van der Waals surface area contributed by atoms with E-state index >= 15 is 0 Å². The highest BCUT2D eigenvalue weighted by Gasteiger charge is 2.19. The highest BCUT2D eigenvalue weighted by Crippen LogP contribution is 2.17. The van der Waals surface area contributed by atoms with Crippen molar-refractivity contribution < 1.29 is 13.5 Å². The Morgan fingerprint density at radius 2 is 1.95 bits per heavy atom. The fraction of sp³-hybridized carbons (Fsp3) is 0.538. The van der Waals surface area contributed by atoms with Crippen LogP contribution in [0.3, 0.4) is 0 Å². The molecule has 1 atom stereocenters. The van der Waals surface area contributed by atoms with E-state index < -0.39 is 16.1 Å². The van der Waals surface area contributed by atoms with Crippen molar-refractivity contribution >= 4 is 21.6 Å². The summed E-state index contributed by atoms with van der Waals surface area (Å²) >= 11 is 5.94. The van der Waals surface area contributed by atoms with Crippen LogP contribution in [0, 0.1) is 5.92 Å². The maximum atomic E-state index is 12.0. The van der Waals surface area contributed by atoms with Crippen LogP contribution in [0.2, 0.25) is 5.02 Å². The Hall–Kier alpha value is -0.620. The third kappa shape index (κ3) is 5.91. The number of benzene rings is 1. The molecule has 0 saturated heterocycles. The van der Waals surface area contributed by atoms with Gasteiger partial charge in [-0.15, -0.1) is 0 Å². The highest BCUT2D eigenvalue weighted by molar-refractivity contribution is 7.88. The van der Waals surface area contributed by atoms with E-state index in [1.807, 2.05) is 13.8 Å². The fourth-order valence-electron chi connectivity index (χ4n) is 1.84. The number of halogens is 1. The van der Waals surface area contributed by atoms with Crippen molar-refractivity contribution in [3.63, 3.8) is 0 Å². The van der Waals surface area contributed by atoms with E-state index in [-0.39, 0.29) is 12.4 Å². The molecule has 1 aromatic carbocycles. The number of aliphatic hydroxyl groups is 1. The summed E-state index contributed by atoms with van der Waals surface area (Å²) in [4.78, 5) is 0. The lowest BCUT2D eigenvalue weighted by Gasteiger charge is -2.18. The molecule has 1 aromatic rings. The van der Waals surface area contributed by atoms with E-state index in [1.54, 1.807) is 24.3 Å². The van der Waals surface area contributed by atoms with Crippen molar-refractivity contribution in [2.75, 3.05) is 6.61 Å². The summed E-state index contributed by atoms with van der Waals surface area (Å²) in [5.41, 5.74) is 0.554. The molecule has 0 aliphatic rings. The van der Waals surface area contributed by atoms with Crippen molar-refractivity contribution in [2.24, 2.45) is 5.92 Å². The third-order valence-electron chi connectivity index (χ3n) is 2.63. The van der Waals surface area contributed by atoms with E-state index in [0.717, 1.165) is 0 Å². The predicted molar refractivity (Wildman–Crippen MR) is 77.5 cm³/mol. The first-order valence-electron chi connectivity index (χ1n) is 6.18. The van der Waals surface area contributed by atoms with Gasteiger partial charge in [0.25, 0.3) is 0 Å². The van der Waals surface area contributed by atoms with Crippen molar-refractivity contribution in [3.05, 3.63) is 34.9 Å². The lowest BCUT2D eigenvalue weighted by Crippen LogP contribution is -2.39. The number of hydrogen-bond acceptors (Lipinski definition) is 3. The summed E-state index contributed by atoms with van der Waals surface area (Å²) in [5.74, 6) is 0.126. The molecule has 108 valence electrons. The smallest absolute Gasteiger partial charge is 0.216 e. The molecule has 0 radical (unpaired) electrons. The van der Waals surface area contributed by atoms with E-state index in [2.05, 4.69) is 4.72 Å². The molecular weight excluding hydrogens is 286 g/mol. The standard InChI is InChI=1S/C13H20ClNO3S/c1-10(2)7-12(8-16)15-19(17,18)9-11-5-3-4-6-13(11)14/h3-6,10,12,15-16H,7-9H2,1-2H3. The Morgan fingerprint density at radius 1 is 1.32 bits per heavy atom. The van der Waals surface area contributed by atoms with Gasteiger partial charge in [-0.1, -0.05) is 43.6 Å². The Kier molecular flexibility index (Phi) is 6.26. The minimum atomic E-state index is -3.51. The minimum absolute atomic E-state index is 0.179. The summed E-state index contributed by atoms with van der Waals surface area (Å²) < 4.78 is 26.6. The number of hydrogen-bond donors (Lipinski definition) is 2. The van der Waals surface area contributed by atoms with E-state index in [4.69, 9.17) is 11.6 Å². The maximum absolute atomic E-state index is 12.0. The highest BCUT2D eigenvalue weighted by atomic mass is 35.5. The van der Waals surface area contributed by atoms with Crippen molar-refractivity contribution in [1.29, 1.82) is 0 Å². The monoisotopic (exact) mass is 305 g/mol. The van der Waals surface area contributed by atoms with Gasteiger partial charge in [0.1, 0.15) is 0 Å². The first kappa shape index (κ1) is 16.4. The first-order chi connectivity index (χ1) is 8.84. The molecule has 0 heterocycles. The topological polar surface area (TPSA) is 66.4 Å². The van der Waals surface area contributed by atoms with Crippen LogP contribution in [0.4, 0.5) is 0 Å². The van der Waals surface area contributed by atoms with Gasteiger partial charge < -0.3 is 5.11 Å². The van der Waals surface area contributed by atoms with Gasteiger partial charge in [0.2, 0.25) is 10.0 Å². The second kappa shape index (κ2) is 7.24. The van der Waals surface area contributed by atoms with Gasteiger partial charge in [-0.2, -0.15) is 0 Å². The van der Waals surface area contributed by atoms with E-state index in [9.17, 15) is 13.5 Å². The molecular formula is C13H20ClNO3S. The molecule has 0 spiro atoms. The molecule has 2 N–H and O–H groups in total. The van der Waals surface area contributed by atoms with Crippen LogP contribution in [0.15, 0.2) is 24.3 Å². The Balaban J connectivity index is 2.73. The van der Waals surface area contributed by atoms with Crippen LogP contribution < -0.4 is 4.72 Å². The Morgan fingerprint density at radius 3 is 2.47 bits per heavy atom. The van der Waals surface area contributed by atoms with Gasteiger partial charge >= 0.3 is 0 Å². The molecule has 1 unspecified atom stereocenters. The number of nitrogens with one attached hydrogen (secondary N) is 1. The fourth-order valence-corrected chi connectivity index (χ4v) is 3.55. The minimum Gasteiger partial charge on any atom is -0.395 e. The molecule has 0 aliphatic carbocycles. The average Bonchev–Trinajstić information content (AvgIpc) is 2.30. The average molecular weight is 306 g/mol. The van der Waals surface area contributed by atoms with Gasteiger partial charge in [0.15, 0.2) is 0 Å². The summed E-state index contributed by atoms with van der Waals surface area (Å²) in [6, 6.07) is 6.38. The van der Waals surface area contributed by atoms with Crippen LogP contribution in [0.1, 0.15) is 25.8 Å². The molecule has 0 amide bonds. The Bertz CT molecular complexity index is 502. The molecule has 6 heteroatoms. The number of rotatable bonds is 7. The quantitative estimate of drug-likeness (QED) is 0.811. The zero-order valence-electron chi connectivity index (χ0n) is 11.1. The lowest BCUT2D eigenvalue weighted by molar-refractivity contribution is 0.240. The number of sulfonamides is 1. The zero-order chi connectivity index (χ0) is 14.5. The van der Waals surface area contributed by atoms with Gasteiger partial charge in [0.05, 0.1) is 12.4 Å². The van der Waals surface area contributed by atoms with Crippen LogP contribution in [-0.2, 0) is 15.8 Å². The second-order valence-corrected chi connectivity index (χ2v) is 7.14. The van der Waals surface area contributed by atoms with E-state index in [0.29, 0.717) is 22.9 Å². The largest absolute Gasteiger partial charge is 0.395 e. The normalized spacial score (nSPS) is 13.7. The van der Waals surface area contributed by atoms with Gasteiger partial charge in [-0.3, -0.25) is 0 Å². The molecule has 0 aliphatic heterocycles. The van der Waals surface area contributed by atoms with Crippen LogP contribution in [0.5, 0.6) is 0 Å². The van der Waals surface area contributed by atoms with E-state index in [1.165, 1.54) is 0 Å². The molecule has 0 bridgehead atoms.